The molecule has 0 spiro atoms. The lowest BCUT2D eigenvalue weighted by Gasteiger charge is -2.10. The molecule has 0 aliphatic heterocycles. The molecule has 4 heteroatoms. The van der Waals surface area contributed by atoms with Crippen LogP contribution in [0.5, 0.6) is 0 Å². The summed E-state index contributed by atoms with van der Waals surface area (Å²) >= 11 is 0. The second kappa shape index (κ2) is 5.19. The quantitative estimate of drug-likeness (QED) is 0.863. The Morgan fingerprint density at radius 2 is 2.29 bits per heavy atom. The van der Waals surface area contributed by atoms with Crippen molar-refractivity contribution in [3.63, 3.8) is 0 Å². The van der Waals surface area contributed by atoms with Crippen LogP contribution in [-0.2, 0) is 19.4 Å². The molecule has 0 saturated heterocycles. The van der Waals surface area contributed by atoms with E-state index in [1.54, 1.807) is 12.5 Å². The zero-order valence-corrected chi connectivity index (χ0v) is 10.3. The van der Waals surface area contributed by atoms with Crippen molar-refractivity contribution < 1.29 is 9.52 Å². The Kier molecular flexibility index (Phi) is 3.64. The number of rotatable bonds is 5. The molecule has 1 atom stereocenters. The average Bonchev–Trinajstić information content (AvgIpc) is 2.96. The van der Waals surface area contributed by atoms with Crippen molar-refractivity contribution in [2.45, 2.75) is 39.3 Å². The Balaban J connectivity index is 2.17. The largest absolute Gasteiger partial charge is 0.472 e. The summed E-state index contributed by atoms with van der Waals surface area (Å²) < 4.78 is 6.87. The average molecular weight is 234 g/mol. The third-order valence-electron chi connectivity index (χ3n) is 2.87. The second-order valence-electron chi connectivity index (χ2n) is 4.08. The summed E-state index contributed by atoms with van der Waals surface area (Å²) in [5.74, 6) is 0. The molecule has 0 bridgehead atoms. The highest BCUT2D eigenvalue weighted by molar-refractivity contribution is 5.16. The molecule has 0 aliphatic carbocycles. The van der Waals surface area contributed by atoms with E-state index in [2.05, 4.69) is 12.0 Å². The summed E-state index contributed by atoms with van der Waals surface area (Å²) in [4.78, 5) is 0. The van der Waals surface area contributed by atoms with E-state index in [4.69, 9.17) is 4.42 Å². The molecule has 0 radical (unpaired) electrons. The van der Waals surface area contributed by atoms with Crippen LogP contribution in [0.2, 0.25) is 0 Å². The van der Waals surface area contributed by atoms with Gasteiger partial charge in [-0.15, -0.1) is 0 Å². The Labute approximate surface area is 101 Å². The molecule has 0 aromatic carbocycles. The number of aromatic nitrogens is 2. The van der Waals surface area contributed by atoms with Gasteiger partial charge >= 0.3 is 0 Å². The molecule has 92 valence electrons. The highest BCUT2D eigenvalue weighted by Crippen LogP contribution is 2.20. The predicted octanol–water partition coefficient (Wildman–Crippen LogP) is 2.33. The molecule has 2 rings (SSSR count). The molecule has 4 nitrogen and oxygen atoms in total. The summed E-state index contributed by atoms with van der Waals surface area (Å²) in [6.07, 6.45) is 4.21. The van der Waals surface area contributed by atoms with E-state index >= 15 is 0 Å². The molecule has 0 fully saturated rings. The fraction of sp³-hybridized carbons (Fsp3) is 0.462. The minimum Gasteiger partial charge on any atom is -0.472 e. The first kappa shape index (κ1) is 11.9. The van der Waals surface area contributed by atoms with Gasteiger partial charge in [0.2, 0.25) is 0 Å². The summed E-state index contributed by atoms with van der Waals surface area (Å²) in [5.41, 5.74) is 2.90. The summed E-state index contributed by atoms with van der Waals surface area (Å²) in [6.45, 7) is 4.87. The molecule has 2 aromatic rings. The van der Waals surface area contributed by atoms with Crippen LogP contribution >= 0.6 is 0 Å². The van der Waals surface area contributed by atoms with Gasteiger partial charge in [-0.25, -0.2) is 0 Å². The normalized spacial score (nSPS) is 12.9. The van der Waals surface area contributed by atoms with Crippen molar-refractivity contribution in [2.24, 2.45) is 0 Å². The topological polar surface area (TPSA) is 51.2 Å². The molecule has 2 heterocycles. The van der Waals surface area contributed by atoms with Crippen LogP contribution in [0.25, 0.3) is 0 Å². The lowest BCUT2D eigenvalue weighted by atomic mass is 10.1. The van der Waals surface area contributed by atoms with Gasteiger partial charge in [0.25, 0.3) is 0 Å². The minimum absolute atomic E-state index is 0.527. The van der Waals surface area contributed by atoms with Crippen molar-refractivity contribution in [3.05, 3.63) is 41.6 Å². The molecule has 1 N–H and O–H groups in total. The van der Waals surface area contributed by atoms with Crippen LogP contribution in [-0.4, -0.2) is 14.9 Å². The second-order valence-corrected chi connectivity index (χ2v) is 4.08. The lowest BCUT2D eigenvalue weighted by molar-refractivity contribution is 0.167. The van der Waals surface area contributed by atoms with Crippen LogP contribution < -0.4 is 0 Å². The summed E-state index contributed by atoms with van der Waals surface area (Å²) in [5, 5.41) is 14.6. The van der Waals surface area contributed by atoms with Crippen molar-refractivity contribution >= 4 is 0 Å². The molecule has 0 amide bonds. The molecule has 0 saturated carbocycles. The number of hydrogen-bond donors (Lipinski definition) is 1. The first-order valence-electron chi connectivity index (χ1n) is 6.00. The van der Waals surface area contributed by atoms with Crippen molar-refractivity contribution in [1.82, 2.24) is 9.78 Å². The van der Waals surface area contributed by atoms with E-state index in [0.717, 1.165) is 29.9 Å². The number of furan rings is 1. The molecule has 2 aromatic heterocycles. The van der Waals surface area contributed by atoms with Crippen LogP contribution in [0.4, 0.5) is 0 Å². The fourth-order valence-electron chi connectivity index (χ4n) is 1.92. The highest BCUT2D eigenvalue weighted by atomic mass is 16.3. The van der Waals surface area contributed by atoms with Crippen molar-refractivity contribution in [3.8, 4) is 0 Å². The van der Waals surface area contributed by atoms with Gasteiger partial charge in [-0.1, -0.05) is 6.92 Å². The summed E-state index contributed by atoms with van der Waals surface area (Å²) in [6, 6.07) is 3.85. The summed E-state index contributed by atoms with van der Waals surface area (Å²) in [7, 11) is 0. The number of aryl methyl sites for hydroxylation is 2. The van der Waals surface area contributed by atoms with E-state index in [0.29, 0.717) is 6.42 Å². The Hall–Kier alpha value is -1.55. The van der Waals surface area contributed by atoms with Gasteiger partial charge in [0.15, 0.2) is 0 Å². The SMILES string of the molecule is CCc1cc(C(O)Cc2ccoc2)n(CC)n1. The molecule has 17 heavy (non-hydrogen) atoms. The first-order chi connectivity index (χ1) is 8.24. The van der Waals surface area contributed by atoms with Gasteiger partial charge < -0.3 is 9.52 Å². The Morgan fingerprint density at radius 1 is 1.47 bits per heavy atom. The Bertz CT molecular complexity index is 460. The third kappa shape index (κ3) is 2.58. The van der Waals surface area contributed by atoms with Gasteiger partial charge in [0, 0.05) is 13.0 Å². The standard InChI is InChI=1S/C13H18N2O2/c1-3-11-8-12(15(4-2)14-11)13(16)7-10-5-6-17-9-10/h5-6,8-9,13,16H,3-4,7H2,1-2H3. The highest BCUT2D eigenvalue weighted by Gasteiger charge is 2.15. The van der Waals surface area contributed by atoms with E-state index in [-0.39, 0.29) is 0 Å². The predicted molar refractivity (Wildman–Crippen MR) is 64.7 cm³/mol. The lowest BCUT2D eigenvalue weighted by Crippen LogP contribution is -2.09. The smallest absolute Gasteiger partial charge is 0.0998 e. The number of aliphatic hydroxyl groups excluding tert-OH is 1. The minimum atomic E-state index is -0.527. The van der Waals surface area contributed by atoms with Gasteiger partial charge in [0.05, 0.1) is 30.0 Å². The van der Waals surface area contributed by atoms with Crippen LogP contribution in [0, 0.1) is 0 Å². The number of nitrogens with zero attached hydrogens (tertiary/aromatic N) is 2. The van der Waals surface area contributed by atoms with Crippen LogP contribution in [0.1, 0.15) is 36.9 Å². The van der Waals surface area contributed by atoms with E-state index in [1.807, 2.05) is 23.7 Å². The monoisotopic (exact) mass is 234 g/mol. The fourth-order valence-corrected chi connectivity index (χ4v) is 1.92. The van der Waals surface area contributed by atoms with E-state index in [9.17, 15) is 5.11 Å². The Morgan fingerprint density at radius 3 is 2.88 bits per heavy atom. The van der Waals surface area contributed by atoms with Crippen molar-refractivity contribution in [1.29, 1.82) is 0 Å². The maximum absolute atomic E-state index is 10.2. The van der Waals surface area contributed by atoms with Crippen LogP contribution in [0.15, 0.2) is 29.1 Å². The zero-order valence-electron chi connectivity index (χ0n) is 10.3. The molecular formula is C13H18N2O2. The molecule has 0 aliphatic rings. The molecule has 1 unspecified atom stereocenters. The number of aliphatic hydroxyl groups is 1. The van der Waals surface area contributed by atoms with Gasteiger partial charge in [-0.05, 0) is 31.0 Å². The third-order valence-corrected chi connectivity index (χ3v) is 2.87. The molecular weight excluding hydrogens is 216 g/mol. The maximum Gasteiger partial charge on any atom is 0.0998 e. The van der Waals surface area contributed by atoms with E-state index in [1.165, 1.54) is 0 Å². The maximum atomic E-state index is 10.2. The zero-order chi connectivity index (χ0) is 12.3. The van der Waals surface area contributed by atoms with E-state index < -0.39 is 6.10 Å². The number of hydrogen-bond acceptors (Lipinski definition) is 3. The first-order valence-corrected chi connectivity index (χ1v) is 6.00. The van der Waals surface area contributed by atoms with Gasteiger partial charge in [-0.2, -0.15) is 5.10 Å². The van der Waals surface area contributed by atoms with Crippen LogP contribution in [0.3, 0.4) is 0 Å². The van der Waals surface area contributed by atoms with Gasteiger partial charge in [0.1, 0.15) is 0 Å². The van der Waals surface area contributed by atoms with Gasteiger partial charge in [-0.3, -0.25) is 4.68 Å². The van der Waals surface area contributed by atoms with Crippen molar-refractivity contribution in [2.75, 3.05) is 0 Å².